The van der Waals surface area contributed by atoms with E-state index in [4.69, 9.17) is 21.1 Å². The number of carbonyl (C=O) groups excluding carboxylic acids is 1. The fraction of sp³-hybridized carbons (Fsp3) is 0.111. The van der Waals surface area contributed by atoms with Gasteiger partial charge in [0.1, 0.15) is 0 Å². The molecule has 0 radical (unpaired) electrons. The SMILES string of the molecule is COc1cc(/C=C2\SC(=Nc3ccc(Cl)cc3)NC2=O)cc(I)c1OC. The van der Waals surface area contributed by atoms with E-state index in [9.17, 15) is 4.79 Å². The maximum absolute atomic E-state index is 12.2. The fourth-order valence-corrected chi connectivity index (χ4v) is 4.10. The highest BCUT2D eigenvalue weighted by atomic mass is 127. The topological polar surface area (TPSA) is 59.9 Å². The zero-order valence-corrected chi connectivity index (χ0v) is 17.6. The minimum atomic E-state index is -0.187. The third kappa shape index (κ3) is 4.33. The van der Waals surface area contributed by atoms with Gasteiger partial charge in [-0.2, -0.15) is 0 Å². The summed E-state index contributed by atoms with van der Waals surface area (Å²) in [5, 5.41) is 3.93. The molecule has 1 N–H and O–H groups in total. The summed E-state index contributed by atoms with van der Waals surface area (Å²) in [5.74, 6) is 1.10. The summed E-state index contributed by atoms with van der Waals surface area (Å²) in [4.78, 5) is 17.2. The average molecular weight is 501 g/mol. The Kier molecular flexibility index (Phi) is 6.10. The standard InChI is InChI=1S/C18H14ClIN2O3S/c1-24-14-8-10(7-13(20)16(14)25-2)9-15-17(23)22-18(26-15)21-12-5-3-11(19)4-6-12/h3-9H,1-2H3,(H,21,22,23)/b15-9-. The van der Waals surface area contributed by atoms with E-state index < -0.39 is 0 Å². The van der Waals surface area contributed by atoms with E-state index in [1.807, 2.05) is 12.1 Å². The lowest BCUT2D eigenvalue weighted by atomic mass is 10.2. The Bertz CT molecular complexity index is 913. The highest BCUT2D eigenvalue weighted by Gasteiger charge is 2.24. The lowest BCUT2D eigenvalue weighted by Gasteiger charge is -2.10. The van der Waals surface area contributed by atoms with Gasteiger partial charge in [-0.15, -0.1) is 0 Å². The minimum Gasteiger partial charge on any atom is -0.493 e. The number of amides is 1. The quantitative estimate of drug-likeness (QED) is 0.481. The number of nitrogens with zero attached hydrogens (tertiary/aromatic N) is 1. The van der Waals surface area contributed by atoms with Crippen LogP contribution in [-0.4, -0.2) is 25.3 Å². The number of rotatable bonds is 4. The van der Waals surface area contributed by atoms with Gasteiger partial charge in [-0.25, -0.2) is 4.99 Å². The maximum atomic E-state index is 12.2. The highest BCUT2D eigenvalue weighted by molar-refractivity contribution is 14.1. The smallest absolute Gasteiger partial charge is 0.264 e. The largest absolute Gasteiger partial charge is 0.493 e. The number of thioether (sulfide) groups is 1. The van der Waals surface area contributed by atoms with E-state index in [0.717, 1.165) is 14.8 Å². The van der Waals surface area contributed by atoms with Crippen LogP contribution in [0, 0.1) is 3.57 Å². The van der Waals surface area contributed by atoms with Crippen LogP contribution in [-0.2, 0) is 4.79 Å². The van der Waals surface area contributed by atoms with Gasteiger partial charge in [-0.05, 0) is 82.4 Å². The Morgan fingerprint density at radius 2 is 1.92 bits per heavy atom. The first kappa shape index (κ1) is 19.1. The van der Waals surface area contributed by atoms with E-state index in [1.54, 1.807) is 44.6 Å². The molecule has 0 aromatic heterocycles. The molecule has 2 aromatic carbocycles. The number of aliphatic imine (C=N–C) groups is 1. The number of nitrogens with one attached hydrogen (secondary N) is 1. The molecule has 8 heteroatoms. The number of amidine groups is 1. The summed E-state index contributed by atoms with van der Waals surface area (Å²) in [6.45, 7) is 0. The van der Waals surface area contributed by atoms with Crippen molar-refractivity contribution in [2.75, 3.05) is 14.2 Å². The van der Waals surface area contributed by atoms with E-state index >= 15 is 0 Å². The van der Waals surface area contributed by atoms with Gasteiger partial charge in [0.2, 0.25) is 0 Å². The van der Waals surface area contributed by atoms with Crippen molar-refractivity contribution in [1.29, 1.82) is 0 Å². The van der Waals surface area contributed by atoms with Crippen molar-refractivity contribution in [1.82, 2.24) is 5.32 Å². The second-order valence-corrected chi connectivity index (χ2v) is 7.83. The maximum Gasteiger partial charge on any atom is 0.264 e. The third-order valence-corrected chi connectivity index (χ3v) is 5.42. The van der Waals surface area contributed by atoms with Gasteiger partial charge < -0.3 is 14.8 Å². The summed E-state index contributed by atoms with van der Waals surface area (Å²) >= 11 is 9.33. The van der Waals surface area contributed by atoms with Gasteiger partial charge in [-0.1, -0.05) is 11.6 Å². The highest BCUT2D eigenvalue weighted by Crippen LogP contribution is 2.35. The molecular weight excluding hydrogens is 487 g/mol. The van der Waals surface area contributed by atoms with Crippen LogP contribution >= 0.6 is 46.0 Å². The molecule has 26 heavy (non-hydrogen) atoms. The molecule has 0 aliphatic carbocycles. The Morgan fingerprint density at radius 1 is 1.19 bits per heavy atom. The van der Waals surface area contributed by atoms with Crippen molar-refractivity contribution in [2.45, 2.75) is 0 Å². The van der Waals surface area contributed by atoms with Gasteiger partial charge in [0, 0.05) is 5.02 Å². The Labute approximate surface area is 174 Å². The molecule has 1 aliphatic heterocycles. The molecule has 1 aliphatic rings. The van der Waals surface area contributed by atoms with Crippen molar-refractivity contribution < 1.29 is 14.3 Å². The molecule has 0 bridgehead atoms. The number of carbonyl (C=O) groups is 1. The van der Waals surface area contributed by atoms with Gasteiger partial charge in [0.15, 0.2) is 16.7 Å². The van der Waals surface area contributed by atoms with Gasteiger partial charge in [0.25, 0.3) is 5.91 Å². The summed E-state index contributed by atoms with van der Waals surface area (Å²) in [6, 6.07) is 10.9. The molecule has 1 heterocycles. The van der Waals surface area contributed by atoms with E-state index in [2.05, 4.69) is 32.9 Å². The summed E-state index contributed by atoms with van der Waals surface area (Å²) in [5.41, 5.74) is 1.57. The second kappa shape index (κ2) is 8.32. The molecule has 1 fully saturated rings. The normalized spacial score (nSPS) is 16.8. The molecule has 1 saturated heterocycles. The monoisotopic (exact) mass is 500 g/mol. The van der Waals surface area contributed by atoms with Gasteiger partial charge >= 0.3 is 0 Å². The molecule has 0 spiro atoms. The van der Waals surface area contributed by atoms with Crippen LogP contribution < -0.4 is 14.8 Å². The number of benzene rings is 2. The van der Waals surface area contributed by atoms with E-state index in [-0.39, 0.29) is 5.91 Å². The number of ether oxygens (including phenoxy) is 2. The molecular formula is C18H14ClIN2O3S. The van der Waals surface area contributed by atoms with Gasteiger partial charge in [0.05, 0.1) is 28.4 Å². The minimum absolute atomic E-state index is 0.187. The first-order valence-corrected chi connectivity index (χ1v) is 9.74. The van der Waals surface area contributed by atoms with Crippen molar-refractivity contribution in [3.05, 3.63) is 55.5 Å². The number of halogens is 2. The Balaban J connectivity index is 1.87. The molecule has 1 amide bonds. The third-order valence-electron chi connectivity index (χ3n) is 3.46. The van der Waals surface area contributed by atoms with Crippen LogP contribution in [0.5, 0.6) is 11.5 Å². The molecule has 3 rings (SSSR count). The Morgan fingerprint density at radius 3 is 2.58 bits per heavy atom. The van der Waals surface area contributed by atoms with Crippen LogP contribution in [0.15, 0.2) is 46.3 Å². The summed E-state index contributed by atoms with van der Waals surface area (Å²) in [7, 11) is 3.18. The fourth-order valence-electron chi connectivity index (χ4n) is 2.29. The van der Waals surface area contributed by atoms with Crippen molar-refractivity contribution in [2.24, 2.45) is 4.99 Å². The second-order valence-electron chi connectivity index (χ2n) is 5.20. The first-order chi connectivity index (χ1) is 12.5. The van der Waals surface area contributed by atoms with Crippen LogP contribution in [0.3, 0.4) is 0 Å². The van der Waals surface area contributed by atoms with E-state index in [0.29, 0.717) is 26.6 Å². The zero-order valence-electron chi connectivity index (χ0n) is 13.9. The Hall–Kier alpha value is -1.71. The predicted molar refractivity (Wildman–Crippen MR) is 115 cm³/mol. The summed E-state index contributed by atoms with van der Waals surface area (Å²) in [6.07, 6.45) is 1.80. The number of methoxy groups -OCH3 is 2. The van der Waals surface area contributed by atoms with Crippen LogP contribution in [0.2, 0.25) is 5.02 Å². The summed E-state index contributed by atoms with van der Waals surface area (Å²) < 4.78 is 11.6. The van der Waals surface area contributed by atoms with Crippen molar-refractivity contribution in [3.63, 3.8) is 0 Å². The number of hydrogen-bond acceptors (Lipinski definition) is 5. The van der Waals surface area contributed by atoms with Gasteiger partial charge in [-0.3, -0.25) is 4.79 Å². The molecule has 2 aromatic rings. The molecule has 5 nitrogen and oxygen atoms in total. The average Bonchev–Trinajstić information content (AvgIpc) is 2.95. The van der Waals surface area contributed by atoms with Crippen molar-refractivity contribution in [3.8, 4) is 11.5 Å². The lowest BCUT2D eigenvalue weighted by Crippen LogP contribution is -2.19. The molecule has 0 unspecified atom stereocenters. The predicted octanol–water partition coefficient (Wildman–Crippen LogP) is 4.85. The van der Waals surface area contributed by atoms with Crippen LogP contribution in [0.4, 0.5) is 5.69 Å². The van der Waals surface area contributed by atoms with Crippen LogP contribution in [0.25, 0.3) is 6.08 Å². The zero-order chi connectivity index (χ0) is 18.7. The van der Waals surface area contributed by atoms with E-state index in [1.165, 1.54) is 11.8 Å². The molecule has 0 saturated carbocycles. The first-order valence-electron chi connectivity index (χ1n) is 7.47. The van der Waals surface area contributed by atoms with Crippen molar-refractivity contribution >= 4 is 68.8 Å². The molecule has 0 atom stereocenters. The molecule has 134 valence electrons. The number of hydrogen-bond donors (Lipinski definition) is 1. The van der Waals surface area contributed by atoms with Crippen LogP contribution in [0.1, 0.15) is 5.56 Å². The lowest BCUT2D eigenvalue weighted by molar-refractivity contribution is -0.115.